The largest absolute Gasteiger partial charge is 0.369 e. The summed E-state index contributed by atoms with van der Waals surface area (Å²) in [4.78, 5) is 7.76. The third kappa shape index (κ3) is 3.54. The average Bonchev–Trinajstić information content (AvgIpc) is 3.37. The van der Waals surface area contributed by atoms with Crippen LogP contribution in [0.25, 0.3) is 21.2 Å². The van der Waals surface area contributed by atoms with Crippen LogP contribution >= 0.6 is 34.3 Å². The first-order valence-corrected chi connectivity index (χ1v) is 12.5. The molecule has 0 unspecified atom stereocenters. The van der Waals surface area contributed by atoms with Gasteiger partial charge in [0.25, 0.3) is 0 Å². The first-order valence-electron chi connectivity index (χ1n) is 10.5. The fraction of sp³-hybridized carbons (Fsp3) is 0.417. The molecular weight excluding hydrogens is 416 g/mol. The van der Waals surface area contributed by atoms with E-state index in [0.29, 0.717) is 0 Å². The zero-order valence-corrected chi connectivity index (χ0v) is 19.7. The summed E-state index contributed by atoms with van der Waals surface area (Å²) in [5.41, 5.74) is 7.33. The molecule has 0 N–H and O–H groups in total. The van der Waals surface area contributed by atoms with Crippen molar-refractivity contribution in [3.05, 3.63) is 49.5 Å². The van der Waals surface area contributed by atoms with Crippen LogP contribution in [0.4, 0.5) is 5.69 Å². The molecule has 2 aromatic heterocycles. The number of fused-ring (bicyclic) bond motifs is 1. The Bertz CT molecular complexity index is 1100. The number of benzene rings is 1. The monoisotopic (exact) mass is 442 g/mol. The van der Waals surface area contributed by atoms with E-state index >= 15 is 0 Å². The molecule has 2 aliphatic rings. The Labute approximate surface area is 186 Å². The van der Waals surface area contributed by atoms with E-state index in [0.717, 1.165) is 36.9 Å². The lowest BCUT2D eigenvalue weighted by Gasteiger charge is -2.34. The normalized spacial score (nSPS) is 18.4. The summed E-state index contributed by atoms with van der Waals surface area (Å²) in [6.45, 7) is 9.01. The molecule has 1 aliphatic carbocycles. The molecule has 152 valence electrons. The lowest BCUT2D eigenvalue weighted by molar-refractivity contribution is 0.313. The van der Waals surface area contributed by atoms with Crippen LogP contribution in [-0.2, 0) is 0 Å². The molecule has 0 bridgehead atoms. The standard InChI is InChI=1S/C24H27ClN2S2/c1-15-20(14-23(25)29-15)18-5-4-6-19(18)24-16(2)28-22-8-7-17(13-21(22)24)27-11-9-26(3)10-12-27/h7-8,13-14H,4-6,9-12H2,1-3H3. The summed E-state index contributed by atoms with van der Waals surface area (Å²) in [5.74, 6) is 0. The van der Waals surface area contributed by atoms with Crippen LogP contribution in [-0.4, -0.2) is 38.1 Å². The van der Waals surface area contributed by atoms with E-state index in [4.69, 9.17) is 11.6 Å². The van der Waals surface area contributed by atoms with Crippen LogP contribution < -0.4 is 4.90 Å². The van der Waals surface area contributed by atoms with Gasteiger partial charge in [0, 0.05) is 51.7 Å². The van der Waals surface area contributed by atoms with Crippen LogP contribution in [0, 0.1) is 13.8 Å². The van der Waals surface area contributed by atoms with E-state index in [1.807, 2.05) is 11.3 Å². The van der Waals surface area contributed by atoms with E-state index in [9.17, 15) is 0 Å². The Morgan fingerprint density at radius 1 is 0.897 bits per heavy atom. The van der Waals surface area contributed by atoms with Gasteiger partial charge < -0.3 is 9.80 Å². The van der Waals surface area contributed by atoms with Gasteiger partial charge in [0.05, 0.1) is 4.34 Å². The highest BCUT2D eigenvalue weighted by molar-refractivity contribution is 7.19. The molecule has 0 atom stereocenters. The summed E-state index contributed by atoms with van der Waals surface area (Å²) in [7, 11) is 2.22. The highest BCUT2D eigenvalue weighted by Crippen LogP contribution is 2.48. The summed E-state index contributed by atoms with van der Waals surface area (Å²) in [6.07, 6.45) is 3.58. The molecule has 0 saturated carbocycles. The van der Waals surface area contributed by atoms with Crippen LogP contribution in [0.3, 0.4) is 0 Å². The number of nitrogens with zero attached hydrogens (tertiary/aromatic N) is 2. The van der Waals surface area contributed by atoms with Crippen molar-refractivity contribution in [3.63, 3.8) is 0 Å². The molecule has 3 heterocycles. The van der Waals surface area contributed by atoms with Gasteiger partial charge in [-0.15, -0.1) is 22.7 Å². The molecule has 3 aromatic rings. The van der Waals surface area contributed by atoms with Gasteiger partial charge in [-0.05, 0) is 86.7 Å². The number of hydrogen-bond acceptors (Lipinski definition) is 4. The number of anilines is 1. The second kappa shape index (κ2) is 7.73. The molecule has 0 amide bonds. The average molecular weight is 443 g/mol. The number of halogens is 1. The smallest absolute Gasteiger partial charge is 0.0937 e. The quantitative estimate of drug-likeness (QED) is 0.427. The van der Waals surface area contributed by atoms with Gasteiger partial charge in [0.1, 0.15) is 0 Å². The van der Waals surface area contributed by atoms with Gasteiger partial charge in [-0.1, -0.05) is 11.6 Å². The molecule has 1 aliphatic heterocycles. The minimum absolute atomic E-state index is 0.903. The number of aryl methyl sites for hydroxylation is 2. The van der Waals surface area contributed by atoms with Gasteiger partial charge in [-0.25, -0.2) is 0 Å². The maximum atomic E-state index is 6.35. The first kappa shape index (κ1) is 19.6. The number of allylic oxidation sites excluding steroid dienone is 2. The molecule has 0 spiro atoms. The number of hydrogen-bond donors (Lipinski definition) is 0. The SMILES string of the molecule is Cc1sc(Cl)cc1C1=C(c2c(C)sc3ccc(N4CCN(C)CC4)cc23)CCC1. The molecule has 29 heavy (non-hydrogen) atoms. The number of rotatable bonds is 3. The summed E-state index contributed by atoms with van der Waals surface area (Å²) >= 11 is 10.0. The fourth-order valence-corrected chi connectivity index (χ4v) is 7.20. The Hall–Kier alpha value is -1.33. The van der Waals surface area contributed by atoms with E-state index in [1.165, 1.54) is 55.1 Å². The van der Waals surface area contributed by atoms with Gasteiger partial charge in [0.15, 0.2) is 0 Å². The van der Waals surface area contributed by atoms with Crippen molar-refractivity contribution in [2.45, 2.75) is 33.1 Å². The van der Waals surface area contributed by atoms with Crippen molar-refractivity contribution < 1.29 is 0 Å². The van der Waals surface area contributed by atoms with E-state index in [1.54, 1.807) is 16.9 Å². The minimum Gasteiger partial charge on any atom is -0.369 e. The summed E-state index contributed by atoms with van der Waals surface area (Å²) < 4.78 is 2.31. The Kier molecular flexibility index (Phi) is 5.23. The van der Waals surface area contributed by atoms with Gasteiger partial charge in [-0.2, -0.15) is 0 Å². The van der Waals surface area contributed by atoms with Gasteiger partial charge in [0.2, 0.25) is 0 Å². The van der Waals surface area contributed by atoms with Crippen molar-refractivity contribution >= 4 is 61.2 Å². The molecule has 0 radical (unpaired) electrons. The summed E-state index contributed by atoms with van der Waals surface area (Å²) in [6, 6.07) is 9.30. The maximum absolute atomic E-state index is 6.35. The Morgan fingerprint density at radius 3 is 2.38 bits per heavy atom. The fourth-order valence-electron chi connectivity index (χ4n) is 4.91. The predicted molar refractivity (Wildman–Crippen MR) is 131 cm³/mol. The maximum Gasteiger partial charge on any atom is 0.0937 e. The zero-order valence-electron chi connectivity index (χ0n) is 17.3. The molecule has 2 nitrogen and oxygen atoms in total. The number of piperazine rings is 1. The minimum atomic E-state index is 0.903. The lowest BCUT2D eigenvalue weighted by atomic mass is 9.95. The number of thiophene rings is 2. The second-order valence-electron chi connectivity index (χ2n) is 8.34. The Balaban J connectivity index is 1.62. The lowest BCUT2D eigenvalue weighted by Crippen LogP contribution is -2.44. The van der Waals surface area contributed by atoms with Crippen LogP contribution in [0.2, 0.25) is 4.34 Å². The van der Waals surface area contributed by atoms with Crippen molar-refractivity contribution in [2.24, 2.45) is 0 Å². The highest BCUT2D eigenvalue weighted by atomic mass is 35.5. The van der Waals surface area contributed by atoms with Crippen molar-refractivity contribution in [2.75, 3.05) is 38.1 Å². The van der Waals surface area contributed by atoms with Crippen molar-refractivity contribution in [1.29, 1.82) is 0 Å². The molecule has 1 fully saturated rings. The predicted octanol–water partition coefficient (Wildman–Crippen LogP) is 7.08. The van der Waals surface area contributed by atoms with E-state index < -0.39 is 0 Å². The van der Waals surface area contributed by atoms with Crippen LogP contribution in [0.15, 0.2) is 24.3 Å². The molecular formula is C24H27ClN2S2. The van der Waals surface area contributed by atoms with E-state index in [-0.39, 0.29) is 0 Å². The summed E-state index contributed by atoms with van der Waals surface area (Å²) in [5, 5.41) is 1.44. The van der Waals surface area contributed by atoms with Crippen molar-refractivity contribution in [1.82, 2.24) is 4.90 Å². The van der Waals surface area contributed by atoms with Crippen LogP contribution in [0.1, 0.15) is 40.1 Å². The van der Waals surface area contributed by atoms with E-state index in [2.05, 4.69) is 55.0 Å². The van der Waals surface area contributed by atoms with Gasteiger partial charge >= 0.3 is 0 Å². The molecule has 1 aromatic carbocycles. The Morgan fingerprint density at radius 2 is 1.66 bits per heavy atom. The van der Waals surface area contributed by atoms with Crippen molar-refractivity contribution in [3.8, 4) is 0 Å². The van der Waals surface area contributed by atoms with Gasteiger partial charge in [-0.3, -0.25) is 0 Å². The third-order valence-electron chi connectivity index (χ3n) is 6.45. The third-order valence-corrected chi connectivity index (χ3v) is 8.71. The molecule has 5 rings (SSSR count). The first-order chi connectivity index (χ1) is 14.0. The van der Waals surface area contributed by atoms with Crippen LogP contribution in [0.5, 0.6) is 0 Å². The highest BCUT2D eigenvalue weighted by Gasteiger charge is 2.25. The second-order valence-corrected chi connectivity index (χ2v) is 11.5. The zero-order chi connectivity index (χ0) is 20.1. The number of likely N-dealkylation sites (N-methyl/N-ethyl adjacent to an activating group) is 1. The molecule has 1 saturated heterocycles. The molecule has 5 heteroatoms. The topological polar surface area (TPSA) is 6.48 Å².